The lowest BCUT2D eigenvalue weighted by molar-refractivity contribution is 0.0690. The quantitative estimate of drug-likeness (QED) is 0.746. The van der Waals surface area contributed by atoms with Gasteiger partial charge in [0.2, 0.25) is 0 Å². The first-order chi connectivity index (χ1) is 9.13. The Morgan fingerprint density at radius 3 is 2.68 bits per heavy atom. The fourth-order valence-electron chi connectivity index (χ4n) is 2.57. The Morgan fingerprint density at radius 1 is 1.42 bits per heavy atom. The summed E-state index contributed by atoms with van der Waals surface area (Å²) in [6.07, 6.45) is 4.22. The van der Waals surface area contributed by atoms with E-state index in [1.165, 1.54) is 12.1 Å². The van der Waals surface area contributed by atoms with Crippen molar-refractivity contribution in [2.45, 2.75) is 31.7 Å². The molecular weight excluding hydrogens is 333 g/mol. The van der Waals surface area contributed by atoms with Crippen LogP contribution < -0.4 is 0 Å². The molecule has 1 aromatic carbocycles. The van der Waals surface area contributed by atoms with Gasteiger partial charge in [-0.1, -0.05) is 28.8 Å². The van der Waals surface area contributed by atoms with Gasteiger partial charge in [-0.25, -0.2) is 4.39 Å². The zero-order valence-corrected chi connectivity index (χ0v) is 12.9. The minimum atomic E-state index is -0.489. The predicted octanol–water partition coefficient (Wildman–Crippen LogP) is 4.21. The second-order valence-corrected chi connectivity index (χ2v) is 6.04. The predicted molar refractivity (Wildman–Crippen MR) is 78.1 cm³/mol. The average Bonchev–Trinajstić information content (AvgIpc) is 2.89. The molecule has 1 saturated carbocycles. The van der Waals surface area contributed by atoms with Gasteiger partial charge in [0.15, 0.2) is 0 Å². The van der Waals surface area contributed by atoms with Crippen molar-refractivity contribution in [1.29, 1.82) is 0 Å². The smallest absolute Gasteiger partial charge is 0.257 e. The molecule has 1 aromatic rings. The molecular formula is C14H16BrClFNO. The number of hydrogen-bond donors (Lipinski definition) is 0. The summed E-state index contributed by atoms with van der Waals surface area (Å²) in [4.78, 5) is 14.2. The van der Waals surface area contributed by atoms with Crippen LogP contribution in [-0.4, -0.2) is 29.3 Å². The van der Waals surface area contributed by atoms with E-state index in [0.29, 0.717) is 16.9 Å². The minimum absolute atomic E-state index is 0.125. The largest absolute Gasteiger partial charge is 0.334 e. The topological polar surface area (TPSA) is 20.3 Å². The molecule has 0 N–H and O–H groups in total. The Balaban J connectivity index is 2.22. The third-order valence-electron chi connectivity index (χ3n) is 3.51. The van der Waals surface area contributed by atoms with Crippen LogP contribution >= 0.6 is 27.5 Å². The minimum Gasteiger partial charge on any atom is -0.334 e. The molecule has 2 nitrogen and oxygen atoms in total. The fraction of sp³-hybridized carbons (Fsp3) is 0.500. The molecule has 2 rings (SSSR count). The van der Waals surface area contributed by atoms with E-state index in [9.17, 15) is 9.18 Å². The number of carbonyl (C=O) groups is 1. The number of hydrogen-bond acceptors (Lipinski definition) is 1. The second kappa shape index (κ2) is 6.71. The van der Waals surface area contributed by atoms with E-state index >= 15 is 0 Å². The highest BCUT2D eigenvalue weighted by molar-refractivity contribution is 9.10. The van der Waals surface area contributed by atoms with Crippen molar-refractivity contribution < 1.29 is 9.18 Å². The number of amides is 1. The molecule has 1 aliphatic carbocycles. The molecule has 5 heteroatoms. The first-order valence-electron chi connectivity index (χ1n) is 6.45. The lowest BCUT2D eigenvalue weighted by Gasteiger charge is -2.28. The van der Waals surface area contributed by atoms with Gasteiger partial charge in [0.25, 0.3) is 5.91 Å². The number of halogens is 3. The van der Waals surface area contributed by atoms with Crippen LogP contribution in [0.15, 0.2) is 22.7 Å². The van der Waals surface area contributed by atoms with Crippen molar-refractivity contribution >= 4 is 33.4 Å². The summed E-state index contributed by atoms with van der Waals surface area (Å²) in [5, 5.41) is 0. The Hall–Kier alpha value is -0.610. The molecule has 0 bridgehead atoms. The Labute approximate surface area is 126 Å². The molecule has 1 fully saturated rings. The van der Waals surface area contributed by atoms with E-state index in [1.54, 1.807) is 11.0 Å². The zero-order chi connectivity index (χ0) is 13.8. The van der Waals surface area contributed by atoms with Crippen LogP contribution in [0.1, 0.15) is 36.0 Å². The number of alkyl halides is 1. The van der Waals surface area contributed by atoms with Crippen molar-refractivity contribution in [3.8, 4) is 0 Å². The van der Waals surface area contributed by atoms with Crippen LogP contribution in [0.3, 0.4) is 0 Å². The van der Waals surface area contributed by atoms with Crippen LogP contribution in [0.25, 0.3) is 0 Å². The summed E-state index contributed by atoms with van der Waals surface area (Å²) in [6, 6.07) is 4.73. The molecule has 0 aliphatic heterocycles. The Morgan fingerprint density at radius 2 is 2.11 bits per heavy atom. The van der Waals surface area contributed by atoms with Crippen LogP contribution in [0, 0.1) is 5.82 Å². The molecule has 0 spiro atoms. The van der Waals surface area contributed by atoms with Crippen molar-refractivity contribution in [2.24, 2.45) is 0 Å². The van der Waals surface area contributed by atoms with Crippen molar-refractivity contribution in [3.63, 3.8) is 0 Å². The van der Waals surface area contributed by atoms with Gasteiger partial charge < -0.3 is 4.90 Å². The van der Waals surface area contributed by atoms with Gasteiger partial charge in [-0.3, -0.25) is 4.79 Å². The van der Waals surface area contributed by atoms with Gasteiger partial charge in [-0.15, -0.1) is 11.6 Å². The third-order valence-corrected chi connectivity index (χ3v) is 4.18. The van der Waals surface area contributed by atoms with Gasteiger partial charge >= 0.3 is 0 Å². The SMILES string of the molecule is O=C(c1ccc(Br)cc1F)N(CCCl)C1CCCC1. The number of benzene rings is 1. The highest BCUT2D eigenvalue weighted by atomic mass is 79.9. The van der Waals surface area contributed by atoms with E-state index in [1.807, 2.05) is 0 Å². The van der Waals surface area contributed by atoms with Gasteiger partial charge in [-0.2, -0.15) is 0 Å². The van der Waals surface area contributed by atoms with E-state index in [-0.39, 0.29) is 17.5 Å². The Bertz CT molecular complexity index is 463. The first kappa shape index (κ1) is 14.8. The molecule has 0 saturated heterocycles. The summed E-state index contributed by atoms with van der Waals surface area (Å²) < 4.78 is 14.5. The fourth-order valence-corrected chi connectivity index (χ4v) is 3.09. The molecule has 1 aliphatic rings. The summed E-state index contributed by atoms with van der Waals surface area (Å²) in [5.74, 6) is -0.366. The summed E-state index contributed by atoms with van der Waals surface area (Å²) in [7, 11) is 0. The maximum atomic E-state index is 13.9. The maximum absolute atomic E-state index is 13.9. The number of carbonyl (C=O) groups excluding carboxylic acids is 1. The summed E-state index contributed by atoms with van der Waals surface area (Å²) >= 11 is 8.97. The molecule has 0 atom stereocenters. The molecule has 1 amide bonds. The van der Waals surface area contributed by atoms with E-state index < -0.39 is 5.82 Å². The average molecular weight is 349 g/mol. The highest BCUT2D eigenvalue weighted by Crippen LogP contribution is 2.26. The van der Waals surface area contributed by atoms with Crippen molar-refractivity contribution in [2.75, 3.05) is 12.4 Å². The monoisotopic (exact) mass is 347 g/mol. The third kappa shape index (κ3) is 3.48. The molecule has 0 radical (unpaired) electrons. The number of nitrogens with zero attached hydrogens (tertiary/aromatic N) is 1. The van der Waals surface area contributed by atoms with Crippen molar-refractivity contribution in [3.05, 3.63) is 34.1 Å². The Kier molecular flexibility index (Phi) is 5.22. The lowest BCUT2D eigenvalue weighted by Crippen LogP contribution is -2.40. The maximum Gasteiger partial charge on any atom is 0.257 e. The standard InChI is InChI=1S/C14H16BrClFNO/c15-10-5-6-12(13(17)9-10)14(19)18(8-7-16)11-3-1-2-4-11/h5-6,9,11H,1-4,7-8H2. The molecule has 19 heavy (non-hydrogen) atoms. The molecule has 0 unspecified atom stereocenters. The van der Waals surface area contributed by atoms with Crippen LogP contribution in [0.4, 0.5) is 4.39 Å². The van der Waals surface area contributed by atoms with Crippen LogP contribution in [0.5, 0.6) is 0 Å². The first-order valence-corrected chi connectivity index (χ1v) is 7.78. The normalized spacial score (nSPS) is 15.7. The van der Waals surface area contributed by atoms with E-state index in [4.69, 9.17) is 11.6 Å². The lowest BCUT2D eigenvalue weighted by atomic mass is 10.1. The van der Waals surface area contributed by atoms with Crippen molar-refractivity contribution in [1.82, 2.24) is 4.90 Å². The summed E-state index contributed by atoms with van der Waals surface area (Å²) in [6.45, 7) is 0.473. The van der Waals surface area contributed by atoms with Crippen LogP contribution in [-0.2, 0) is 0 Å². The van der Waals surface area contributed by atoms with Crippen LogP contribution in [0.2, 0.25) is 0 Å². The number of rotatable bonds is 4. The van der Waals surface area contributed by atoms with Gasteiger partial charge in [-0.05, 0) is 31.0 Å². The molecule has 104 valence electrons. The molecule has 0 heterocycles. The van der Waals surface area contributed by atoms with E-state index in [0.717, 1.165) is 25.7 Å². The highest BCUT2D eigenvalue weighted by Gasteiger charge is 2.28. The summed E-state index contributed by atoms with van der Waals surface area (Å²) in [5.41, 5.74) is 0.125. The zero-order valence-electron chi connectivity index (χ0n) is 10.5. The molecule has 0 aromatic heterocycles. The second-order valence-electron chi connectivity index (χ2n) is 4.75. The van der Waals surface area contributed by atoms with Gasteiger partial charge in [0.05, 0.1) is 5.56 Å². The van der Waals surface area contributed by atoms with E-state index in [2.05, 4.69) is 15.9 Å². The van der Waals surface area contributed by atoms with Gasteiger partial charge in [0, 0.05) is 22.9 Å². The van der Waals surface area contributed by atoms with Gasteiger partial charge in [0.1, 0.15) is 5.82 Å².